The molecule has 1 aliphatic rings. The van der Waals surface area contributed by atoms with Crippen LogP contribution in [-0.2, 0) is 16.6 Å². The lowest BCUT2D eigenvalue weighted by Crippen LogP contribution is -2.29. The number of benzene rings is 3. The van der Waals surface area contributed by atoms with Gasteiger partial charge in [0.1, 0.15) is 10.6 Å². The Hall–Kier alpha value is -3.88. The topological polar surface area (TPSA) is 74.8 Å². The number of aromatic nitrogens is 1. The highest BCUT2D eigenvalue weighted by molar-refractivity contribution is 7.93. The molecule has 40 heavy (non-hydrogen) atoms. The number of sulfonamides is 1. The summed E-state index contributed by atoms with van der Waals surface area (Å²) in [6, 6.07) is 24.5. The van der Waals surface area contributed by atoms with Crippen molar-refractivity contribution in [1.82, 2.24) is 14.8 Å². The number of nitrogens with zero attached hydrogens (tertiary/aromatic N) is 3. The summed E-state index contributed by atoms with van der Waals surface area (Å²) in [5.74, 6) is 0.954. The molecule has 8 heteroatoms. The Morgan fingerprint density at radius 3 is 2.52 bits per heavy atom. The van der Waals surface area contributed by atoms with Gasteiger partial charge in [0.25, 0.3) is 10.0 Å². The van der Waals surface area contributed by atoms with Gasteiger partial charge in [-0.1, -0.05) is 55.1 Å². The first-order valence-corrected chi connectivity index (χ1v) is 15.2. The van der Waals surface area contributed by atoms with E-state index < -0.39 is 10.0 Å². The largest absolute Gasteiger partial charge is 0.491 e. The van der Waals surface area contributed by atoms with Crippen molar-refractivity contribution in [3.05, 3.63) is 103 Å². The number of nitrogens with one attached hydrogen (secondary N) is 1. The Labute approximate surface area is 237 Å². The molecule has 0 atom stereocenters. The fourth-order valence-corrected chi connectivity index (χ4v) is 6.30. The molecule has 0 unspecified atom stereocenters. The van der Waals surface area contributed by atoms with Crippen LogP contribution >= 0.6 is 0 Å². The van der Waals surface area contributed by atoms with Crippen LogP contribution in [0.5, 0.6) is 5.75 Å². The van der Waals surface area contributed by atoms with Gasteiger partial charge < -0.3 is 9.64 Å². The fourth-order valence-electron chi connectivity index (χ4n) is 5.06. The molecule has 1 saturated heterocycles. The maximum atomic E-state index is 13.2. The van der Waals surface area contributed by atoms with E-state index in [0.717, 1.165) is 61.5 Å². The van der Waals surface area contributed by atoms with E-state index >= 15 is 0 Å². The lowest BCUT2D eigenvalue weighted by Gasteiger charge is -2.26. The molecule has 0 bridgehead atoms. The summed E-state index contributed by atoms with van der Waals surface area (Å²) >= 11 is 0. The zero-order valence-electron chi connectivity index (χ0n) is 23.1. The molecule has 3 aromatic carbocycles. The van der Waals surface area contributed by atoms with Crippen molar-refractivity contribution >= 4 is 32.3 Å². The number of pyridine rings is 1. The maximum absolute atomic E-state index is 13.2. The van der Waals surface area contributed by atoms with Crippen molar-refractivity contribution in [3.63, 3.8) is 0 Å². The number of ether oxygens (including phenoxy) is 1. The minimum Gasteiger partial charge on any atom is -0.491 e. The van der Waals surface area contributed by atoms with Crippen LogP contribution in [0.15, 0.2) is 96.5 Å². The van der Waals surface area contributed by atoms with Gasteiger partial charge in [0.2, 0.25) is 0 Å². The number of anilines is 1. The molecule has 1 aliphatic heterocycles. The van der Waals surface area contributed by atoms with E-state index in [0.29, 0.717) is 11.2 Å². The molecule has 0 saturated carbocycles. The van der Waals surface area contributed by atoms with Gasteiger partial charge in [-0.3, -0.25) is 14.6 Å². The highest BCUT2D eigenvalue weighted by atomic mass is 32.2. The number of hydrogen-bond acceptors (Lipinski definition) is 6. The number of hydrogen-bond donors (Lipinski definition) is 1. The second-order valence-electron chi connectivity index (χ2n) is 10.4. The van der Waals surface area contributed by atoms with Gasteiger partial charge >= 0.3 is 0 Å². The first-order valence-electron chi connectivity index (χ1n) is 13.7. The lowest BCUT2D eigenvalue weighted by molar-refractivity contribution is 0.229. The van der Waals surface area contributed by atoms with Crippen molar-refractivity contribution in [1.29, 1.82) is 0 Å². The second kappa shape index (κ2) is 12.1. The molecule has 0 radical (unpaired) electrons. The Balaban J connectivity index is 1.22. The Morgan fingerprint density at radius 2 is 1.73 bits per heavy atom. The van der Waals surface area contributed by atoms with E-state index in [-0.39, 0.29) is 11.0 Å². The van der Waals surface area contributed by atoms with Crippen LogP contribution in [0.1, 0.15) is 31.4 Å². The Morgan fingerprint density at radius 1 is 0.950 bits per heavy atom. The molecule has 0 spiro atoms. The predicted molar refractivity (Wildman–Crippen MR) is 162 cm³/mol. The van der Waals surface area contributed by atoms with Gasteiger partial charge in [-0.2, -0.15) is 0 Å². The number of fused-ring (bicyclic) bond motifs is 1. The first-order chi connectivity index (χ1) is 19.3. The van der Waals surface area contributed by atoms with Crippen molar-refractivity contribution in [2.45, 2.75) is 37.8 Å². The smallest absolute Gasteiger partial charge is 0.264 e. The summed E-state index contributed by atoms with van der Waals surface area (Å²) in [6.07, 6.45) is 2.77. The van der Waals surface area contributed by atoms with E-state index in [9.17, 15) is 8.42 Å². The monoisotopic (exact) mass is 556 g/mol. The van der Waals surface area contributed by atoms with Crippen LogP contribution in [0.2, 0.25) is 0 Å². The normalized spacial score (nSPS) is 14.7. The van der Waals surface area contributed by atoms with Crippen molar-refractivity contribution in [3.8, 4) is 5.75 Å². The summed E-state index contributed by atoms with van der Waals surface area (Å²) in [4.78, 5) is 9.23. The van der Waals surface area contributed by atoms with E-state index in [2.05, 4.69) is 52.1 Å². The molecular weight excluding hydrogens is 520 g/mol. The Kier molecular flexibility index (Phi) is 8.38. The highest BCUT2D eigenvalue weighted by Gasteiger charge is 2.20. The van der Waals surface area contributed by atoms with Crippen molar-refractivity contribution in [2.75, 3.05) is 30.9 Å². The van der Waals surface area contributed by atoms with Gasteiger partial charge in [0, 0.05) is 61.3 Å². The number of para-hydroxylation sites is 2. The van der Waals surface area contributed by atoms with Crippen LogP contribution in [-0.4, -0.2) is 55.5 Å². The summed E-state index contributed by atoms with van der Waals surface area (Å²) in [5.41, 5.74) is 4.07. The van der Waals surface area contributed by atoms with Gasteiger partial charge in [-0.15, -0.1) is 0 Å². The zero-order chi connectivity index (χ0) is 28.1. The third-order valence-electron chi connectivity index (χ3n) is 7.06. The minimum atomic E-state index is -3.80. The van der Waals surface area contributed by atoms with Crippen LogP contribution in [0.25, 0.3) is 16.6 Å². The molecule has 5 rings (SSSR count). The quantitative estimate of drug-likeness (QED) is 0.273. The molecule has 208 valence electrons. The van der Waals surface area contributed by atoms with Gasteiger partial charge in [0.15, 0.2) is 0 Å². The average Bonchev–Trinajstić information content (AvgIpc) is 3.19. The summed E-state index contributed by atoms with van der Waals surface area (Å²) in [6.45, 7) is 13.0. The van der Waals surface area contributed by atoms with Crippen LogP contribution in [0.4, 0.5) is 5.69 Å². The molecule has 0 aliphatic carbocycles. The van der Waals surface area contributed by atoms with Crippen LogP contribution in [0, 0.1) is 0 Å². The standard InChI is InChI=1S/C32H36N4O3S/c1-24(2)39-30-12-5-4-9-28(30)23-35-19-8-20-36(22-21-35)25(3)26-14-16-29(17-15-26)34-40(37,38)31-13-6-10-27-11-7-18-33-32(27)31/h4-7,9-18,24,34H,3,8,19-23H2,1-2H3. The SMILES string of the molecule is C=C(c1ccc(NS(=O)(=O)c2cccc3cccnc23)cc1)N1CCCN(Cc2ccccc2OC(C)C)CC1. The molecule has 2 heterocycles. The predicted octanol–water partition coefficient (Wildman–Crippen LogP) is 6.00. The van der Waals surface area contributed by atoms with Gasteiger partial charge in [0.05, 0.1) is 11.6 Å². The maximum Gasteiger partial charge on any atom is 0.264 e. The molecule has 7 nitrogen and oxygen atoms in total. The fraction of sp³-hybridized carbons (Fsp3) is 0.281. The third-order valence-corrected chi connectivity index (χ3v) is 8.47. The highest BCUT2D eigenvalue weighted by Crippen LogP contribution is 2.26. The van der Waals surface area contributed by atoms with E-state index in [1.165, 1.54) is 5.56 Å². The minimum absolute atomic E-state index is 0.140. The van der Waals surface area contributed by atoms with Crippen LogP contribution < -0.4 is 9.46 Å². The van der Waals surface area contributed by atoms with Crippen molar-refractivity contribution in [2.24, 2.45) is 0 Å². The molecular formula is C32H36N4O3S. The Bertz CT molecular complexity index is 1580. The van der Waals surface area contributed by atoms with Gasteiger partial charge in [-0.05, 0) is 56.2 Å². The summed E-state index contributed by atoms with van der Waals surface area (Å²) < 4.78 is 35.1. The average molecular weight is 557 g/mol. The van der Waals surface area contributed by atoms with Crippen molar-refractivity contribution < 1.29 is 13.2 Å². The lowest BCUT2D eigenvalue weighted by atomic mass is 10.1. The summed E-state index contributed by atoms with van der Waals surface area (Å²) in [5, 5.41) is 0.779. The molecule has 1 N–H and O–H groups in total. The first kappa shape index (κ1) is 27.7. The van der Waals surface area contributed by atoms with E-state index in [4.69, 9.17) is 4.74 Å². The second-order valence-corrected chi connectivity index (χ2v) is 12.0. The number of rotatable bonds is 9. The van der Waals surface area contributed by atoms with E-state index in [1.54, 1.807) is 36.5 Å². The van der Waals surface area contributed by atoms with E-state index in [1.807, 2.05) is 36.4 Å². The molecule has 4 aromatic rings. The molecule has 0 amide bonds. The molecule has 1 aromatic heterocycles. The van der Waals surface area contributed by atoms with Gasteiger partial charge in [-0.25, -0.2) is 8.42 Å². The van der Waals surface area contributed by atoms with Crippen LogP contribution in [0.3, 0.4) is 0 Å². The zero-order valence-corrected chi connectivity index (χ0v) is 23.9. The third kappa shape index (κ3) is 6.46. The summed E-state index contributed by atoms with van der Waals surface area (Å²) in [7, 11) is -3.80. The molecule has 1 fully saturated rings.